The lowest BCUT2D eigenvalue weighted by molar-refractivity contribution is 0.256. The SMILES string of the molecule is Cc1cc(OS(=O)(=O)c2c(F)cccc2F)cc2c(C3CCN(C)CC3)cn(Cc3ccccc3)c12. The average molecular weight is 511 g/mol. The van der Waals surface area contributed by atoms with Gasteiger partial charge in [0.25, 0.3) is 0 Å². The van der Waals surface area contributed by atoms with Crippen LogP contribution < -0.4 is 4.18 Å². The highest BCUT2D eigenvalue weighted by Crippen LogP contribution is 2.38. The molecule has 1 saturated heterocycles. The zero-order valence-electron chi connectivity index (χ0n) is 20.2. The van der Waals surface area contributed by atoms with Crippen molar-refractivity contribution in [3.05, 3.63) is 95.2 Å². The molecule has 2 heterocycles. The molecule has 5 rings (SSSR count). The lowest BCUT2D eigenvalue weighted by Gasteiger charge is -2.28. The first-order valence-electron chi connectivity index (χ1n) is 12.0. The Labute approximate surface area is 210 Å². The van der Waals surface area contributed by atoms with E-state index in [0.717, 1.165) is 71.7 Å². The third-order valence-electron chi connectivity index (χ3n) is 6.90. The van der Waals surface area contributed by atoms with Crippen LogP contribution in [0, 0.1) is 18.6 Å². The van der Waals surface area contributed by atoms with Gasteiger partial charge in [-0.05, 0) is 86.8 Å². The summed E-state index contributed by atoms with van der Waals surface area (Å²) in [6, 6.07) is 16.3. The van der Waals surface area contributed by atoms with Gasteiger partial charge < -0.3 is 13.7 Å². The Kier molecular flexibility index (Phi) is 6.57. The summed E-state index contributed by atoms with van der Waals surface area (Å²) >= 11 is 0. The Morgan fingerprint density at radius 2 is 1.64 bits per heavy atom. The molecule has 0 saturated carbocycles. The first kappa shape index (κ1) is 24.5. The molecule has 1 aromatic heterocycles. The van der Waals surface area contributed by atoms with Gasteiger partial charge in [0, 0.05) is 18.1 Å². The summed E-state index contributed by atoms with van der Waals surface area (Å²) in [7, 11) is -2.60. The Hall–Kier alpha value is -3.23. The van der Waals surface area contributed by atoms with Crippen LogP contribution in [0.5, 0.6) is 5.75 Å². The molecule has 36 heavy (non-hydrogen) atoms. The molecule has 0 unspecified atom stereocenters. The molecule has 8 heteroatoms. The third-order valence-corrected chi connectivity index (χ3v) is 8.20. The molecule has 0 amide bonds. The number of aryl methyl sites for hydroxylation is 1. The number of halogens is 2. The number of hydrogen-bond donors (Lipinski definition) is 0. The van der Waals surface area contributed by atoms with Gasteiger partial charge in [0.1, 0.15) is 17.4 Å². The van der Waals surface area contributed by atoms with Gasteiger partial charge in [-0.2, -0.15) is 8.42 Å². The zero-order chi connectivity index (χ0) is 25.4. The Morgan fingerprint density at radius 1 is 0.972 bits per heavy atom. The molecule has 1 aliphatic heterocycles. The van der Waals surface area contributed by atoms with Crippen LogP contribution in [0.15, 0.2) is 71.8 Å². The molecule has 1 aliphatic rings. The first-order chi connectivity index (χ1) is 17.2. The van der Waals surface area contributed by atoms with Gasteiger partial charge in [0.15, 0.2) is 4.90 Å². The average Bonchev–Trinajstić information content (AvgIpc) is 3.18. The number of fused-ring (bicyclic) bond motifs is 1. The maximum atomic E-state index is 14.2. The molecule has 0 radical (unpaired) electrons. The molecule has 0 aliphatic carbocycles. The highest BCUT2D eigenvalue weighted by Gasteiger charge is 2.28. The molecular formula is C28H28F2N2O3S. The Bertz CT molecular complexity index is 1490. The number of aromatic nitrogens is 1. The van der Waals surface area contributed by atoms with Gasteiger partial charge in [0.05, 0.1) is 5.52 Å². The number of piperidine rings is 1. The Balaban J connectivity index is 1.60. The first-order valence-corrected chi connectivity index (χ1v) is 13.4. The molecule has 5 nitrogen and oxygen atoms in total. The molecule has 0 bridgehead atoms. The molecular weight excluding hydrogens is 482 g/mol. The predicted molar refractivity (Wildman–Crippen MR) is 136 cm³/mol. The van der Waals surface area contributed by atoms with Crippen molar-refractivity contribution in [1.29, 1.82) is 0 Å². The molecule has 0 atom stereocenters. The van der Waals surface area contributed by atoms with Crippen molar-refractivity contribution >= 4 is 21.0 Å². The minimum absolute atomic E-state index is 0.0364. The summed E-state index contributed by atoms with van der Waals surface area (Å²) in [5, 5.41) is 0.902. The van der Waals surface area contributed by atoms with E-state index < -0.39 is 26.6 Å². The quantitative estimate of drug-likeness (QED) is 0.305. The highest BCUT2D eigenvalue weighted by atomic mass is 32.2. The second kappa shape index (κ2) is 9.67. The molecule has 4 aromatic rings. The van der Waals surface area contributed by atoms with Crippen molar-refractivity contribution in [1.82, 2.24) is 9.47 Å². The van der Waals surface area contributed by atoms with Crippen LogP contribution in [-0.4, -0.2) is 38.0 Å². The lowest BCUT2D eigenvalue weighted by Crippen LogP contribution is -2.29. The number of likely N-dealkylation sites (tertiary alicyclic amines) is 1. The van der Waals surface area contributed by atoms with Gasteiger partial charge in [-0.3, -0.25) is 0 Å². The molecule has 3 aromatic carbocycles. The van der Waals surface area contributed by atoms with Crippen LogP contribution in [0.1, 0.15) is 35.4 Å². The van der Waals surface area contributed by atoms with Crippen LogP contribution in [0.4, 0.5) is 8.78 Å². The van der Waals surface area contributed by atoms with E-state index in [0.29, 0.717) is 12.5 Å². The second-order valence-corrected chi connectivity index (χ2v) is 11.0. The van der Waals surface area contributed by atoms with Crippen LogP contribution in [0.2, 0.25) is 0 Å². The van der Waals surface area contributed by atoms with Crippen molar-refractivity contribution < 1.29 is 21.4 Å². The van der Waals surface area contributed by atoms with Gasteiger partial charge in [-0.25, -0.2) is 8.78 Å². The van der Waals surface area contributed by atoms with E-state index in [1.807, 2.05) is 25.1 Å². The molecule has 188 valence electrons. The van der Waals surface area contributed by atoms with Crippen molar-refractivity contribution in [2.45, 2.75) is 37.1 Å². The van der Waals surface area contributed by atoms with Crippen molar-refractivity contribution in [3.63, 3.8) is 0 Å². The normalized spacial score (nSPS) is 15.4. The maximum Gasteiger partial charge on any atom is 0.345 e. The fourth-order valence-corrected chi connectivity index (χ4v) is 6.18. The smallest absolute Gasteiger partial charge is 0.345 e. The van der Waals surface area contributed by atoms with E-state index in [1.54, 1.807) is 12.1 Å². The Morgan fingerprint density at radius 3 is 2.31 bits per heavy atom. The third kappa shape index (κ3) is 4.75. The number of rotatable bonds is 6. The number of benzene rings is 3. The zero-order valence-corrected chi connectivity index (χ0v) is 21.1. The molecule has 0 N–H and O–H groups in total. The van der Waals surface area contributed by atoms with E-state index >= 15 is 0 Å². The molecule has 1 fully saturated rings. The van der Waals surface area contributed by atoms with Gasteiger partial charge >= 0.3 is 10.1 Å². The summed E-state index contributed by atoms with van der Waals surface area (Å²) in [5.74, 6) is -2.02. The van der Waals surface area contributed by atoms with Gasteiger partial charge in [0.2, 0.25) is 0 Å². The standard InChI is InChI=1S/C28H28F2N2O3S/c1-19-15-22(35-36(33,34)28-25(29)9-6-10-26(28)30)16-23-24(21-11-13-31(2)14-12-21)18-32(27(19)23)17-20-7-4-3-5-8-20/h3-10,15-16,18,21H,11-14,17H2,1-2H3. The topological polar surface area (TPSA) is 51.5 Å². The fraction of sp³-hybridized carbons (Fsp3) is 0.286. The number of nitrogens with zero attached hydrogens (tertiary/aromatic N) is 2. The van der Waals surface area contributed by atoms with E-state index in [1.165, 1.54) is 0 Å². The maximum absolute atomic E-state index is 14.2. The van der Waals surface area contributed by atoms with E-state index in [2.05, 4.69) is 34.8 Å². The van der Waals surface area contributed by atoms with Crippen molar-refractivity contribution in [3.8, 4) is 5.75 Å². The predicted octanol–water partition coefficient (Wildman–Crippen LogP) is 5.85. The second-order valence-electron chi connectivity index (χ2n) is 9.50. The minimum atomic E-state index is -4.71. The summed E-state index contributed by atoms with van der Waals surface area (Å²) in [4.78, 5) is 1.22. The van der Waals surface area contributed by atoms with Crippen LogP contribution in [0.25, 0.3) is 10.9 Å². The summed E-state index contributed by atoms with van der Waals surface area (Å²) < 4.78 is 61.6. The van der Waals surface area contributed by atoms with Gasteiger partial charge in [-0.15, -0.1) is 0 Å². The number of hydrogen-bond acceptors (Lipinski definition) is 4. The minimum Gasteiger partial charge on any atom is -0.379 e. The van der Waals surface area contributed by atoms with Crippen molar-refractivity contribution in [2.75, 3.05) is 20.1 Å². The van der Waals surface area contributed by atoms with Gasteiger partial charge in [-0.1, -0.05) is 36.4 Å². The van der Waals surface area contributed by atoms with E-state index in [-0.39, 0.29) is 5.75 Å². The lowest BCUT2D eigenvalue weighted by atomic mass is 9.89. The largest absolute Gasteiger partial charge is 0.379 e. The van der Waals surface area contributed by atoms with E-state index in [4.69, 9.17) is 4.18 Å². The highest BCUT2D eigenvalue weighted by molar-refractivity contribution is 7.87. The van der Waals surface area contributed by atoms with Crippen LogP contribution in [0.3, 0.4) is 0 Å². The summed E-state index contributed by atoms with van der Waals surface area (Å²) in [6.07, 6.45) is 4.14. The summed E-state index contributed by atoms with van der Waals surface area (Å²) in [6.45, 7) is 4.52. The van der Waals surface area contributed by atoms with E-state index in [9.17, 15) is 17.2 Å². The summed E-state index contributed by atoms with van der Waals surface area (Å²) in [5.41, 5.74) is 4.11. The van der Waals surface area contributed by atoms with Crippen LogP contribution >= 0.6 is 0 Å². The van der Waals surface area contributed by atoms with Crippen LogP contribution in [-0.2, 0) is 16.7 Å². The fourth-order valence-electron chi connectivity index (χ4n) is 5.14. The monoisotopic (exact) mass is 510 g/mol. The molecule has 0 spiro atoms. The van der Waals surface area contributed by atoms with Crippen molar-refractivity contribution in [2.24, 2.45) is 0 Å².